The summed E-state index contributed by atoms with van der Waals surface area (Å²) in [4.78, 5) is 28.7. The number of piperidine rings is 1. The molecule has 8 nitrogen and oxygen atoms in total. The van der Waals surface area contributed by atoms with Crippen molar-refractivity contribution in [3.63, 3.8) is 0 Å². The predicted molar refractivity (Wildman–Crippen MR) is 142 cm³/mol. The van der Waals surface area contributed by atoms with Crippen molar-refractivity contribution in [1.29, 1.82) is 0 Å². The van der Waals surface area contributed by atoms with Crippen molar-refractivity contribution in [2.75, 3.05) is 18.4 Å². The average Bonchev–Trinajstić information content (AvgIpc) is 3.17. The van der Waals surface area contributed by atoms with Gasteiger partial charge in [-0.2, -0.15) is 0 Å². The second-order valence-corrected chi connectivity index (χ2v) is 12.0. The van der Waals surface area contributed by atoms with E-state index in [-0.39, 0.29) is 17.9 Å². The molecule has 0 aromatic carbocycles. The molecule has 2 unspecified atom stereocenters. The molecule has 2 N–H and O–H groups in total. The highest BCUT2D eigenvalue weighted by Gasteiger charge is 2.34. The minimum atomic E-state index is -1.10. The van der Waals surface area contributed by atoms with Gasteiger partial charge in [0.1, 0.15) is 11.3 Å². The van der Waals surface area contributed by atoms with Crippen molar-refractivity contribution >= 4 is 23.0 Å². The van der Waals surface area contributed by atoms with Gasteiger partial charge in [-0.25, -0.2) is 19.7 Å². The van der Waals surface area contributed by atoms with Gasteiger partial charge in [-0.1, -0.05) is 40.0 Å². The maximum absolute atomic E-state index is 12.0. The third-order valence-electron chi connectivity index (χ3n) is 9.30. The van der Waals surface area contributed by atoms with E-state index in [1.165, 1.54) is 51.4 Å². The molecule has 3 aliphatic rings. The quantitative estimate of drug-likeness (QED) is 0.481. The summed E-state index contributed by atoms with van der Waals surface area (Å²) >= 11 is 0. The zero-order chi connectivity index (χ0) is 25.4. The SMILES string of the molecule is CCN1CCC(C)CC1c1nc2nc(C(=O)O)nc(N[C@H](C)C3CCC3)c2n1C[C@H]1CC[C@H](C)CC1. The third kappa shape index (κ3) is 5.11. The fourth-order valence-corrected chi connectivity index (χ4v) is 6.57. The molecule has 0 amide bonds. The first-order valence-electron chi connectivity index (χ1n) is 14.4. The zero-order valence-electron chi connectivity index (χ0n) is 22.5. The summed E-state index contributed by atoms with van der Waals surface area (Å²) in [5.41, 5.74) is 1.42. The first-order chi connectivity index (χ1) is 17.3. The number of hydrogen-bond donors (Lipinski definition) is 2. The normalized spacial score (nSPS) is 28.7. The van der Waals surface area contributed by atoms with E-state index in [2.05, 4.69) is 52.4 Å². The van der Waals surface area contributed by atoms with Crippen LogP contribution >= 0.6 is 0 Å². The van der Waals surface area contributed by atoms with Crippen LogP contribution in [0.3, 0.4) is 0 Å². The molecule has 3 atom stereocenters. The molecule has 5 rings (SSSR count). The van der Waals surface area contributed by atoms with E-state index < -0.39 is 5.97 Å². The summed E-state index contributed by atoms with van der Waals surface area (Å²) in [6.45, 7) is 12.1. The summed E-state index contributed by atoms with van der Waals surface area (Å²) in [5, 5.41) is 13.4. The van der Waals surface area contributed by atoms with Crippen LogP contribution < -0.4 is 5.32 Å². The van der Waals surface area contributed by atoms with Gasteiger partial charge in [-0.05, 0) is 82.2 Å². The smallest absolute Gasteiger partial charge is 0.374 e. The number of fused-ring (bicyclic) bond motifs is 1. The number of carboxylic acids is 1. The monoisotopic (exact) mass is 496 g/mol. The van der Waals surface area contributed by atoms with E-state index in [1.807, 2.05) is 0 Å². The Morgan fingerprint density at radius 1 is 1.06 bits per heavy atom. The lowest BCUT2D eigenvalue weighted by atomic mass is 9.80. The lowest BCUT2D eigenvalue weighted by Gasteiger charge is -2.38. The van der Waals surface area contributed by atoms with E-state index in [0.29, 0.717) is 29.2 Å². The summed E-state index contributed by atoms with van der Waals surface area (Å²) in [5.74, 6) is 3.07. The number of nitrogens with one attached hydrogen (secondary N) is 1. The van der Waals surface area contributed by atoms with Crippen molar-refractivity contribution in [2.24, 2.45) is 23.7 Å². The number of rotatable bonds is 8. The van der Waals surface area contributed by atoms with Crippen LogP contribution in [-0.4, -0.2) is 54.6 Å². The Balaban J connectivity index is 1.62. The molecule has 2 aliphatic carbocycles. The lowest BCUT2D eigenvalue weighted by molar-refractivity contribution is 0.0684. The van der Waals surface area contributed by atoms with E-state index in [1.54, 1.807) is 0 Å². The van der Waals surface area contributed by atoms with E-state index in [9.17, 15) is 9.90 Å². The maximum Gasteiger partial charge on any atom is 0.374 e. The minimum absolute atomic E-state index is 0.169. The van der Waals surface area contributed by atoms with Crippen molar-refractivity contribution in [3.05, 3.63) is 11.6 Å². The van der Waals surface area contributed by atoms with Gasteiger partial charge in [0.15, 0.2) is 11.5 Å². The number of carboxylic acid groups (broad SMARTS) is 1. The second kappa shape index (κ2) is 10.6. The maximum atomic E-state index is 12.0. The van der Waals surface area contributed by atoms with E-state index in [4.69, 9.17) is 4.98 Å². The number of likely N-dealkylation sites (tertiary alicyclic amines) is 1. The van der Waals surface area contributed by atoms with Crippen LogP contribution in [-0.2, 0) is 6.54 Å². The number of anilines is 1. The highest BCUT2D eigenvalue weighted by Crippen LogP contribution is 2.39. The predicted octanol–water partition coefficient (Wildman–Crippen LogP) is 5.74. The highest BCUT2D eigenvalue weighted by atomic mass is 16.4. The molecule has 2 aromatic rings. The summed E-state index contributed by atoms with van der Waals surface area (Å²) in [6, 6.07) is 0.461. The van der Waals surface area contributed by atoms with E-state index >= 15 is 0 Å². The Hall–Kier alpha value is -2.22. The first-order valence-corrected chi connectivity index (χ1v) is 14.4. The molecule has 2 aromatic heterocycles. The number of hydrogen-bond acceptors (Lipinski definition) is 6. The molecule has 1 aliphatic heterocycles. The van der Waals surface area contributed by atoms with Crippen LogP contribution in [0.1, 0.15) is 108 Å². The average molecular weight is 497 g/mol. The number of nitrogens with zero attached hydrogens (tertiary/aromatic N) is 5. The number of aromatic nitrogens is 4. The molecule has 0 spiro atoms. The lowest BCUT2D eigenvalue weighted by Crippen LogP contribution is -2.37. The van der Waals surface area contributed by atoms with Crippen LogP contribution in [0.25, 0.3) is 11.2 Å². The fourth-order valence-electron chi connectivity index (χ4n) is 6.57. The van der Waals surface area contributed by atoms with Crippen molar-refractivity contribution in [1.82, 2.24) is 24.4 Å². The molecule has 3 heterocycles. The van der Waals surface area contributed by atoms with Crippen LogP contribution in [0.5, 0.6) is 0 Å². The van der Waals surface area contributed by atoms with Crippen LogP contribution in [0.2, 0.25) is 0 Å². The number of aromatic carboxylic acids is 1. The van der Waals surface area contributed by atoms with Gasteiger partial charge in [0.25, 0.3) is 0 Å². The van der Waals surface area contributed by atoms with Gasteiger partial charge >= 0.3 is 5.97 Å². The molecule has 2 saturated carbocycles. The number of carbonyl (C=O) groups is 1. The molecular weight excluding hydrogens is 452 g/mol. The first kappa shape index (κ1) is 25.4. The van der Waals surface area contributed by atoms with Gasteiger partial charge in [-0.3, -0.25) is 4.90 Å². The van der Waals surface area contributed by atoms with Gasteiger partial charge in [0.05, 0.1) is 6.04 Å². The summed E-state index contributed by atoms with van der Waals surface area (Å²) in [6.07, 6.45) is 11.0. The van der Waals surface area contributed by atoms with Crippen molar-refractivity contribution in [3.8, 4) is 0 Å². The molecule has 3 fully saturated rings. The Morgan fingerprint density at radius 3 is 2.44 bits per heavy atom. The topological polar surface area (TPSA) is 96.2 Å². The largest absolute Gasteiger partial charge is 0.475 e. The van der Waals surface area contributed by atoms with Crippen molar-refractivity contribution in [2.45, 2.75) is 104 Å². The molecule has 8 heteroatoms. The Labute approximate surface area is 215 Å². The van der Waals surface area contributed by atoms with Gasteiger partial charge in [-0.15, -0.1) is 0 Å². The fraction of sp³-hybridized carbons (Fsp3) is 0.786. The molecule has 0 bridgehead atoms. The van der Waals surface area contributed by atoms with Crippen LogP contribution in [0.4, 0.5) is 5.82 Å². The zero-order valence-corrected chi connectivity index (χ0v) is 22.5. The summed E-state index contributed by atoms with van der Waals surface area (Å²) in [7, 11) is 0. The van der Waals surface area contributed by atoms with E-state index in [0.717, 1.165) is 43.3 Å². The van der Waals surface area contributed by atoms with Gasteiger partial charge in [0.2, 0.25) is 5.82 Å². The molecule has 0 radical (unpaired) electrons. The molecule has 36 heavy (non-hydrogen) atoms. The van der Waals surface area contributed by atoms with Gasteiger partial charge < -0.3 is 15.0 Å². The van der Waals surface area contributed by atoms with Crippen LogP contribution in [0.15, 0.2) is 0 Å². The second-order valence-electron chi connectivity index (χ2n) is 12.0. The third-order valence-corrected chi connectivity index (χ3v) is 9.30. The standard InChI is InChI=1S/C28H44N6O2/c1-5-33-14-13-18(3)15-22(33)27-32-25-23(34(27)16-20-11-9-17(2)10-12-20)24(30-26(31-25)28(35)36)29-19(4)21-7-6-8-21/h17-22H,5-16H2,1-4H3,(H,35,36)(H,29,30,31)/t17-,18?,19-,20-,22?/m1/s1. The number of imidazole rings is 1. The molecular formula is C28H44N6O2. The highest BCUT2D eigenvalue weighted by molar-refractivity contribution is 5.90. The molecule has 1 saturated heterocycles. The summed E-state index contributed by atoms with van der Waals surface area (Å²) < 4.78 is 2.39. The van der Waals surface area contributed by atoms with Crippen molar-refractivity contribution < 1.29 is 9.90 Å². The Kier molecular flexibility index (Phi) is 7.52. The van der Waals surface area contributed by atoms with Gasteiger partial charge in [0, 0.05) is 12.6 Å². The minimum Gasteiger partial charge on any atom is -0.475 e. The Morgan fingerprint density at radius 2 is 1.81 bits per heavy atom. The Bertz CT molecular complexity index is 1070. The molecule has 198 valence electrons. The van der Waals surface area contributed by atoms with Crippen LogP contribution in [0, 0.1) is 23.7 Å².